The molecular formula is C21H25FN4O2. The van der Waals surface area contributed by atoms with E-state index in [2.05, 4.69) is 10.4 Å². The number of halogens is 1. The average Bonchev–Trinajstić information content (AvgIpc) is 3.19. The molecular weight excluding hydrogens is 359 g/mol. The van der Waals surface area contributed by atoms with Crippen molar-refractivity contribution in [3.8, 4) is 0 Å². The van der Waals surface area contributed by atoms with E-state index >= 15 is 0 Å². The molecule has 3 heterocycles. The molecule has 0 aliphatic carbocycles. The van der Waals surface area contributed by atoms with E-state index in [4.69, 9.17) is 0 Å². The van der Waals surface area contributed by atoms with Gasteiger partial charge < -0.3 is 10.2 Å². The predicted molar refractivity (Wildman–Crippen MR) is 102 cm³/mol. The van der Waals surface area contributed by atoms with E-state index in [1.807, 2.05) is 11.8 Å². The normalized spacial score (nSPS) is 27.7. The smallest absolute Gasteiger partial charge is 0.257 e. The first kappa shape index (κ1) is 18.7. The van der Waals surface area contributed by atoms with Crippen molar-refractivity contribution < 1.29 is 14.0 Å². The van der Waals surface area contributed by atoms with Crippen molar-refractivity contribution in [3.63, 3.8) is 0 Å². The van der Waals surface area contributed by atoms with Gasteiger partial charge in [-0.1, -0.05) is 18.6 Å². The van der Waals surface area contributed by atoms with Gasteiger partial charge in [0.25, 0.3) is 5.91 Å². The van der Waals surface area contributed by atoms with Gasteiger partial charge in [-0.25, -0.2) is 4.39 Å². The highest BCUT2D eigenvalue weighted by atomic mass is 19.1. The van der Waals surface area contributed by atoms with E-state index in [0.717, 1.165) is 24.8 Å². The summed E-state index contributed by atoms with van der Waals surface area (Å²) in [5.74, 6) is -0.385. The van der Waals surface area contributed by atoms with Crippen LogP contribution in [0.3, 0.4) is 0 Å². The Morgan fingerprint density at radius 1 is 1.29 bits per heavy atom. The molecule has 1 aromatic carbocycles. The van der Waals surface area contributed by atoms with Crippen LogP contribution in [0, 0.1) is 5.82 Å². The standard InChI is InChI=1S/C21H25FN4O2/c1-21-11-17(14-7-9-16(22)10-8-14)26(20(28)15-12-23-25(2)13-15)18(21)5-3-4-6-19(27)24-21/h7-10,12-13,17-18H,3-6,11H2,1-2H3,(H,24,27)/t17-,18-,21-/m0/s1. The summed E-state index contributed by atoms with van der Waals surface area (Å²) in [5.41, 5.74) is 0.877. The number of rotatable bonds is 2. The Balaban J connectivity index is 1.77. The molecule has 0 radical (unpaired) electrons. The molecule has 2 saturated heterocycles. The third-order valence-corrected chi connectivity index (χ3v) is 6.02. The minimum absolute atomic E-state index is 0.0285. The lowest BCUT2D eigenvalue weighted by Gasteiger charge is -2.38. The van der Waals surface area contributed by atoms with Crippen LogP contribution in [0.5, 0.6) is 0 Å². The number of aryl methyl sites for hydroxylation is 1. The number of fused-ring (bicyclic) bond motifs is 1. The highest BCUT2D eigenvalue weighted by molar-refractivity contribution is 5.94. The van der Waals surface area contributed by atoms with E-state index in [1.54, 1.807) is 36.3 Å². The van der Waals surface area contributed by atoms with Gasteiger partial charge in [0.1, 0.15) is 5.82 Å². The first-order chi connectivity index (χ1) is 13.4. The zero-order chi connectivity index (χ0) is 19.9. The molecule has 1 aromatic heterocycles. The zero-order valence-electron chi connectivity index (χ0n) is 16.2. The number of hydrogen-bond acceptors (Lipinski definition) is 3. The Labute approximate surface area is 163 Å². The quantitative estimate of drug-likeness (QED) is 0.866. The molecule has 4 rings (SSSR count). The topological polar surface area (TPSA) is 67.2 Å². The lowest BCUT2D eigenvalue weighted by Crippen LogP contribution is -2.56. The molecule has 2 aromatic rings. The Kier molecular flexibility index (Phi) is 4.69. The number of likely N-dealkylation sites (tertiary alicyclic amines) is 1. The van der Waals surface area contributed by atoms with Crippen LogP contribution in [0.1, 0.15) is 61.0 Å². The van der Waals surface area contributed by atoms with Gasteiger partial charge >= 0.3 is 0 Å². The summed E-state index contributed by atoms with van der Waals surface area (Å²) in [6.07, 6.45) is 6.92. The summed E-state index contributed by atoms with van der Waals surface area (Å²) in [4.78, 5) is 27.7. The average molecular weight is 384 g/mol. The van der Waals surface area contributed by atoms with Crippen LogP contribution in [0.2, 0.25) is 0 Å². The molecule has 2 aliphatic heterocycles. The minimum Gasteiger partial charge on any atom is -0.349 e. The van der Waals surface area contributed by atoms with Crippen LogP contribution in [-0.2, 0) is 11.8 Å². The van der Waals surface area contributed by atoms with E-state index < -0.39 is 5.54 Å². The molecule has 6 nitrogen and oxygen atoms in total. The maximum Gasteiger partial charge on any atom is 0.257 e. The first-order valence-electron chi connectivity index (χ1n) is 9.75. The van der Waals surface area contributed by atoms with Crippen LogP contribution in [0.15, 0.2) is 36.7 Å². The van der Waals surface area contributed by atoms with Gasteiger partial charge in [0.05, 0.1) is 29.4 Å². The van der Waals surface area contributed by atoms with Gasteiger partial charge in [0, 0.05) is 19.7 Å². The molecule has 28 heavy (non-hydrogen) atoms. The number of carbonyl (C=O) groups excluding carboxylic acids is 2. The molecule has 3 atom stereocenters. The van der Waals surface area contributed by atoms with Gasteiger partial charge in [0.15, 0.2) is 0 Å². The van der Waals surface area contributed by atoms with Crippen LogP contribution in [0.25, 0.3) is 0 Å². The number of benzene rings is 1. The van der Waals surface area contributed by atoms with Crippen molar-refractivity contribution >= 4 is 11.8 Å². The van der Waals surface area contributed by atoms with Crippen molar-refractivity contribution in [2.45, 2.75) is 56.7 Å². The highest BCUT2D eigenvalue weighted by Gasteiger charge is 2.52. The monoisotopic (exact) mass is 384 g/mol. The predicted octanol–water partition coefficient (Wildman–Crippen LogP) is 2.96. The maximum absolute atomic E-state index is 13.5. The Morgan fingerprint density at radius 3 is 2.71 bits per heavy atom. The van der Waals surface area contributed by atoms with E-state index in [9.17, 15) is 14.0 Å². The number of carbonyl (C=O) groups is 2. The summed E-state index contributed by atoms with van der Waals surface area (Å²) < 4.78 is 15.1. The SMILES string of the molecule is Cn1cc(C(=O)N2[C@H]3CCCCC(=O)N[C@@]3(C)C[C@H]2c2ccc(F)cc2)cn1. The third-order valence-electron chi connectivity index (χ3n) is 6.02. The summed E-state index contributed by atoms with van der Waals surface area (Å²) >= 11 is 0. The van der Waals surface area contributed by atoms with Crippen molar-refractivity contribution in [3.05, 3.63) is 53.6 Å². The van der Waals surface area contributed by atoms with Crippen molar-refractivity contribution in [1.82, 2.24) is 20.0 Å². The summed E-state index contributed by atoms with van der Waals surface area (Å²) in [6.45, 7) is 2.02. The number of nitrogens with one attached hydrogen (secondary N) is 1. The second kappa shape index (κ2) is 7.04. The fourth-order valence-corrected chi connectivity index (χ4v) is 4.68. The molecule has 7 heteroatoms. The second-order valence-electron chi connectivity index (χ2n) is 8.11. The lowest BCUT2D eigenvalue weighted by molar-refractivity contribution is -0.123. The molecule has 0 bridgehead atoms. The minimum atomic E-state index is -0.519. The summed E-state index contributed by atoms with van der Waals surface area (Å²) in [6, 6.07) is 5.94. The molecule has 0 saturated carbocycles. The van der Waals surface area contributed by atoms with Crippen molar-refractivity contribution in [2.24, 2.45) is 7.05 Å². The Hall–Kier alpha value is -2.70. The van der Waals surface area contributed by atoms with Crippen LogP contribution < -0.4 is 5.32 Å². The summed E-state index contributed by atoms with van der Waals surface area (Å²) in [5, 5.41) is 7.32. The molecule has 1 N–H and O–H groups in total. The first-order valence-corrected chi connectivity index (χ1v) is 9.75. The van der Waals surface area contributed by atoms with Crippen LogP contribution >= 0.6 is 0 Å². The highest BCUT2D eigenvalue weighted by Crippen LogP contribution is 2.45. The van der Waals surface area contributed by atoms with Gasteiger partial charge in [0.2, 0.25) is 5.91 Å². The summed E-state index contributed by atoms with van der Waals surface area (Å²) in [7, 11) is 1.78. The number of amides is 2. The van der Waals surface area contributed by atoms with Gasteiger partial charge in [-0.3, -0.25) is 14.3 Å². The van der Waals surface area contributed by atoms with Crippen LogP contribution in [-0.4, -0.2) is 38.1 Å². The van der Waals surface area contributed by atoms with Gasteiger partial charge in [-0.15, -0.1) is 0 Å². The van der Waals surface area contributed by atoms with E-state index in [0.29, 0.717) is 18.4 Å². The molecule has 2 amide bonds. The number of nitrogens with zero attached hydrogens (tertiary/aromatic N) is 3. The fraction of sp³-hybridized carbons (Fsp3) is 0.476. The molecule has 0 unspecified atom stereocenters. The Morgan fingerprint density at radius 2 is 2.04 bits per heavy atom. The number of hydrogen-bond donors (Lipinski definition) is 1. The Bertz CT molecular complexity index is 894. The van der Waals surface area contributed by atoms with E-state index in [-0.39, 0.29) is 29.7 Å². The molecule has 0 spiro atoms. The molecule has 2 fully saturated rings. The van der Waals surface area contributed by atoms with Crippen molar-refractivity contribution in [2.75, 3.05) is 0 Å². The van der Waals surface area contributed by atoms with Gasteiger partial charge in [-0.2, -0.15) is 5.10 Å². The van der Waals surface area contributed by atoms with Crippen molar-refractivity contribution in [1.29, 1.82) is 0 Å². The second-order valence-corrected chi connectivity index (χ2v) is 8.11. The largest absolute Gasteiger partial charge is 0.349 e. The molecule has 2 aliphatic rings. The molecule has 148 valence electrons. The number of aromatic nitrogens is 2. The van der Waals surface area contributed by atoms with E-state index in [1.165, 1.54) is 12.1 Å². The lowest BCUT2D eigenvalue weighted by atomic mass is 9.85. The maximum atomic E-state index is 13.5. The van der Waals surface area contributed by atoms with Gasteiger partial charge in [-0.05, 0) is 43.9 Å². The van der Waals surface area contributed by atoms with Crippen LogP contribution in [0.4, 0.5) is 4.39 Å². The third kappa shape index (κ3) is 3.30. The fourth-order valence-electron chi connectivity index (χ4n) is 4.68. The zero-order valence-corrected chi connectivity index (χ0v) is 16.2.